The maximum Gasteiger partial charge on any atom is 0.260 e. The summed E-state index contributed by atoms with van der Waals surface area (Å²) in [7, 11) is 0. The standard InChI is InChI=1S/C21H23ClF2N2O2/c1-14-11-26(21(27)13-28-18-7-8-20(24)19(22)9-18)15(2)10-25(14)12-16-3-5-17(23)6-4-16/h3-9,14-15H,10-13H2,1-2H3/t14-,15+/m1/s1. The van der Waals surface area contributed by atoms with Crippen LogP contribution in [-0.2, 0) is 11.3 Å². The average Bonchev–Trinajstić information content (AvgIpc) is 2.67. The molecule has 1 amide bonds. The highest BCUT2D eigenvalue weighted by Gasteiger charge is 2.32. The topological polar surface area (TPSA) is 32.8 Å². The van der Waals surface area contributed by atoms with Crippen LogP contribution in [0.4, 0.5) is 8.78 Å². The molecule has 0 unspecified atom stereocenters. The van der Waals surface area contributed by atoms with Crippen LogP contribution in [0.25, 0.3) is 0 Å². The Morgan fingerprint density at radius 2 is 1.82 bits per heavy atom. The van der Waals surface area contributed by atoms with E-state index in [4.69, 9.17) is 16.3 Å². The van der Waals surface area contributed by atoms with Crippen molar-refractivity contribution in [3.8, 4) is 5.75 Å². The first-order valence-corrected chi connectivity index (χ1v) is 9.57. The lowest BCUT2D eigenvalue weighted by atomic mass is 10.1. The predicted octanol–water partition coefficient (Wildman–Crippen LogP) is 4.12. The fourth-order valence-corrected chi connectivity index (χ4v) is 3.56. The lowest BCUT2D eigenvalue weighted by molar-refractivity contribution is -0.139. The molecule has 3 rings (SSSR count). The van der Waals surface area contributed by atoms with Gasteiger partial charge in [0.1, 0.15) is 17.4 Å². The maximum absolute atomic E-state index is 13.2. The van der Waals surface area contributed by atoms with Gasteiger partial charge in [0.15, 0.2) is 6.61 Å². The highest BCUT2D eigenvalue weighted by Crippen LogP contribution is 2.22. The van der Waals surface area contributed by atoms with Crippen molar-refractivity contribution in [2.24, 2.45) is 0 Å². The number of halogens is 3. The molecule has 2 atom stereocenters. The number of nitrogens with zero attached hydrogens (tertiary/aromatic N) is 2. The average molecular weight is 409 g/mol. The molecule has 1 saturated heterocycles. The van der Waals surface area contributed by atoms with Crippen LogP contribution in [0.5, 0.6) is 5.75 Å². The van der Waals surface area contributed by atoms with E-state index in [0.29, 0.717) is 25.4 Å². The summed E-state index contributed by atoms with van der Waals surface area (Å²) in [6, 6.07) is 10.7. The Bertz CT molecular complexity index is 832. The van der Waals surface area contributed by atoms with Crippen LogP contribution in [0.3, 0.4) is 0 Å². The van der Waals surface area contributed by atoms with Crippen LogP contribution in [0.15, 0.2) is 42.5 Å². The number of rotatable bonds is 5. The molecule has 1 aliphatic heterocycles. The number of hydrogen-bond donors (Lipinski definition) is 0. The van der Waals surface area contributed by atoms with Crippen molar-refractivity contribution in [3.05, 3.63) is 64.7 Å². The zero-order chi connectivity index (χ0) is 20.3. The molecule has 0 N–H and O–H groups in total. The molecule has 4 nitrogen and oxygen atoms in total. The van der Waals surface area contributed by atoms with Crippen molar-refractivity contribution in [3.63, 3.8) is 0 Å². The van der Waals surface area contributed by atoms with E-state index in [1.807, 2.05) is 6.92 Å². The number of carbonyl (C=O) groups is 1. The minimum absolute atomic E-state index is 0.0181. The van der Waals surface area contributed by atoms with Crippen LogP contribution in [0.1, 0.15) is 19.4 Å². The second-order valence-corrected chi connectivity index (χ2v) is 7.57. The number of ether oxygens (including phenoxy) is 1. The summed E-state index contributed by atoms with van der Waals surface area (Å²) in [4.78, 5) is 16.7. The first-order valence-electron chi connectivity index (χ1n) is 9.19. The molecule has 1 fully saturated rings. The van der Waals surface area contributed by atoms with Crippen molar-refractivity contribution in [1.82, 2.24) is 9.80 Å². The van der Waals surface area contributed by atoms with Crippen molar-refractivity contribution in [1.29, 1.82) is 0 Å². The zero-order valence-electron chi connectivity index (χ0n) is 15.9. The van der Waals surface area contributed by atoms with Crippen molar-refractivity contribution < 1.29 is 18.3 Å². The second-order valence-electron chi connectivity index (χ2n) is 7.16. The second kappa shape index (κ2) is 8.88. The fraction of sp³-hybridized carbons (Fsp3) is 0.381. The van der Waals surface area contributed by atoms with E-state index in [0.717, 1.165) is 5.56 Å². The summed E-state index contributed by atoms with van der Waals surface area (Å²) in [6.45, 7) is 5.93. The van der Waals surface area contributed by atoms with E-state index in [1.165, 1.54) is 30.3 Å². The van der Waals surface area contributed by atoms with Crippen molar-refractivity contribution in [2.45, 2.75) is 32.5 Å². The summed E-state index contributed by atoms with van der Waals surface area (Å²) >= 11 is 5.73. The van der Waals surface area contributed by atoms with Gasteiger partial charge in [-0.1, -0.05) is 23.7 Å². The number of amides is 1. The van der Waals surface area contributed by atoms with Gasteiger partial charge in [0.05, 0.1) is 5.02 Å². The van der Waals surface area contributed by atoms with Gasteiger partial charge in [-0.2, -0.15) is 0 Å². The number of benzene rings is 2. The van der Waals surface area contributed by atoms with Crippen LogP contribution in [0, 0.1) is 11.6 Å². The smallest absolute Gasteiger partial charge is 0.260 e. The van der Waals surface area contributed by atoms with Crippen LogP contribution < -0.4 is 4.74 Å². The minimum Gasteiger partial charge on any atom is -0.484 e. The van der Waals surface area contributed by atoms with Gasteiger partial charge in [-0.25, -0.2) is 8.78 Å². The molecule has 150 valence electrons. The third kappa shape index (κ3) is 5.00. The van der Waals surface area contributed by atoms with Gasteiger partial charge in [0.25, 0.3) is 5.91 Å². The maximum atomic E-state index is 13.2. The van der Waals surface area contributed by atoms with E-state index in [2.05, 4.69) is 11.8 Å². The number of piperazine rings is 1. The Labute approximate surface area is 168 Å². The van der Waals surface area contributed by atoms with Gasteiger partial charge in [-0.15, -0.1) is 0 Å². The largest absolute Gasteiger partial charge is 0.484 e. The molecular weight excluding hydrogens is 386 g/mol. The molecule has 0 saturated carbocycles. The molecule has 2 aromatic carbocycles. The molecule has 0 aliphatic carbocycles. The normalized spacial score (nSPS) is 20.2. The van der Waals surface area contributed by atoms with Gasteiger partial charge in [0.2, 0.25) is 0 Å². The number of carbonyl (C=O) groups excluding carboxylic acids is 1. The van der Waals surface area contributed by atoms with Gasteiger partial charge < -0.3 is 9.64 Å². The molecule has 1 heterocycles. The summed E-state index contributed by atoms with van der Waals surface area (Å²) in [5, 5.41) is -0.0404. The Balaban J connectivity index is 1.56. The predicted molar refractivity (Wildman–Crippen MR) is 104 cm³/mol. The Morgan fingerprint density at radius 3 is 2.50 bits per heavy atom. The van der Waals surface area contributed by atoms with E-state index in [9.17, 15) is 13.6 Å². The van der Waals surface area contributed by atoms with E-state index in [-0.39, 0.29) is 35.4 Å². The lowest BCUT2D eigenvalue weighted by Gasteiger charge is -2.44. The SMILES string of the molecule is C[C@@H]1CN(C(=O)COc2ccc(F)c(Cl)c2)[C@@H](C)CN1Cc1ccc(F)cc1. The Morgan fingerprint density at radius 1 is 1.11 bits per heavy atom. The first kappa shape index (κ1) is 20.6. The molecule has 1 aliphatic rings. The van der Waals surface area contributed by atoms with Gasteiger partial charge >= 0.3 is 0 Å². The Hall–Kier alpha value is -2.18. The van der Waals surface area contributed by atoms with Crippen LogP contribution in [-0.4, -0.2) is 47.5 Å². The molecule has 2 aromatic rings. The molecule has 0 spiro atoms. The summed E-state index contributed by atoms with van der Waals surface area (Å²) in [5.74, 6) is -0.542. The lowest BCUT2D eigenvalue weighted by Crippen LogP contribution is -2.58. The molecule has 0 aromatic heterocycles. The highest BCUT2D eigenvalue weighted by atomic mass is 35.5. The van der Waals surface area contributed by atoms with Gasteiger partial charge in [-0.05, 0) is 43.7 Å². The van der Waals surface area contributed by atoms with Crippen LogP contribution in [0.2, 0.25) is 5.02 Å². The van der Waals surface area contributed by atoms with Crippen molar-refractivity contribution >= 4 is 17.5 Å². The number of hydrogen-bond acceptors (Lipinski definition) is 3. The Kier molecular flexibility index (Phi) is 6.52. The quantitative estimate of drug-likeness (QED) is 0.746. The van der Waals surface area contributed by atoms with Gasteiger partial charge in [0, 0.05) is 37.8 Å². The highest BCUT2D eigenvalue weighted by molar-refractivity contribution is 6.30. The summed E-state index contributed by atoms with van der Waals surface area (Å²) in [6.07, 6.45) is 0. The third-order valence-electron chi connectivity index (χ3n) is 4.99. The third-order valence-corrected chi connectivity index (χ3v) is 5.28. The van der Waals surface area contributed by atoms with E-state index < -0.39 is 5.82 Å². The monoisotopic (exact) mass is 408 g/mol. The zero-order valence-corrected chi connectivity index (χ0v) is 16.6. The molecule has 7 heteroatoms. The molecular formula is C21H23ClF2N2O2. The fourth-order valence-electron chi connectivity index (χ4n) is 3.38. The summed E-state index contributed by atoms with van der Waals surface area (Å²) < 4.78 is 31.8. The van der Waals surface area contributed by atoms with E-state index in [1.54, 1.807) is 17.0 Å². The van der Waals surface area contributed by atoms with E-state index >= 15 is 0 Å². The van der Waals surface area contributed by atoms with Crippen molar-refractivity contribution in [2.75, 3.05) is 19.7 Å². The molecule has 0 radical (unpaired) electrons. The summed E-state index contributed by atoms with van der Waals surface area (Å²) in [5.41, 5.74) is 1.04. The first-order chi connectivity index (χ1) is 13.3. The molecule has 0 bridgehead atoms. The molecule has 28 heavy (non-hydrogen) atoms. The van der Waals surface area contributed by atoms with Crippen LogP contribution >= 0.6 is 11.6 Å². The minimum atomic E-state index is -0.528. The van der Waals surface area contributed by atoms with Gasteiger partial charge in [-0.3, -0.25) is 9.69 Å².